The van der Waals surface area contributed by atoms with E-state index in [2.05, 4.69) is 168 Å². The topological polar surface area (TPSA) is 58.5 Å². The molecule has 0 aliphatic rings. The first kappa shape index (κ1) is 28.9. The zero-order chi connectivity index (χ0) is 32.5. The second kappa shape index (κ2) is 12.3. The van der Waals surface area contributed by atoms with Gasteiger partial charge in [-0.25, -0.2) is 0 Å². The van der Waals surface area contributed by atoms with Crippen LogP contribution in [-0.2, 0) is 0 Å². The van der Waals surface area contributed by atoms with Gasteiger partial charge in [0.2, 0.25) is 0 Å². The molecule has 0 heterocycles. The number of hydrogen-bond donors (Lipinski definition) is 2. The maximum absolute atomic E-state index is 6.08. The van der Waals surface area contributed by atoms with Crippen molar-refractivity contribution < 1.29 is 0 Å². The number of hydrogen-bond acceptors (Lipinski definition) is 4. The average molecular weight is 619 g/mol. The van der Waals surface area contributed by atoms with Gasteiger partial charge in [-0.15, -0.1) is 0 Å². The van der Waals surface area contributed by atoms with Crippen molar-refractivity contribution in [3.05, 3.63) is 182 Å². The van der Waals surface area contributed by atoms with E-state index in [-0.39, 0.29) is 0 Å². The van der Waals surface area contributed by atoms with Crippen LogP contribution in [0.15, 0.2) is 182 Å². The first-order valence-electron chi connectivity index (χ1n) is 16.1. The number of anilines is 8. The van der Waals surface area contributed by atoms with Gasteiger partial charge in [0.25, 0.3) is 0 Å². The van der Waals surface area contributed by atoms with Crippen LogP contribution < -0.4 is 21.3 Å². The predicted molar refractivity (Wildman–Crippen MR) is 205 cm³/mol. The fourth-order valence-electron chi connectivity index (χ4n) is 6.51. The number of nitrogens with two attached hydrogens (primary N) is 2. The maximum Gasteiger partial charge on any atom is 0.0540 e. The molecule has 0 unspecified atom stereocenters. The number of nitrogen functional groups attached to an aromatic ring is 2. The van der Waals surface area contributed by atoms with Crippen LogP contribution in [0.3, 0.4) is 0 Å². The molecule has 0 atom stereocenters. The standard InChI is InChI=1S/C44H34N4/c45-35-19-27-39(28-20-35)47(43-13-5-9-33-7-1-3-11-41(33)43)37-23-15-31(16-24-37)32-17-25-38(26-18-32)48(40-29-21-36(46)22-30-40)44-14-6-10-34-8-2-4-12-42(34)44/h1-30H,45-46H2. The second-order valence-corrected chi connectivity index (χ2v) is 11.9. The van der Waals surface area contributed by atoms with Crippen molar-refractivity contribution in [1.82, 2.24) is 0 Å². The number of fused-ring (bicyclic) bond motifs is 2. The molecular formula is C44H34N4. The summed E-state index contributed by atoms with van der Waals surface area (Å²) in [4.78, 5) is 4.59. The molecule has 4 nitrogen and oxygen atoms in total. The van der Waals surface area contributed by atoms with E-state index in [0.717, 1.165) is 56.6 Å². The van der Waals surface area contributed by atoms with Crippen LogP contribution in [0.1, 0.15) is 0 Å². The lowest BCUT2D eigenvalue weighted by molar-refractivity contribution is 1.29. The van der Waals surface area contributed by atoms with Gasteiger partial charge in [-0.05, 0) is 107 Å². The third-order valence-electron chi connectivity index (χ3n) is 8.90. The Balaban J connectivity index is 1.16. The summed E-state index contributed by atoms with van der Waals surface area (Å²) in [6.07, 6.45) is 0. The van der Waals surface area contributed by atoms with Gasteiger partial charge in [0.1, 0.15) is 0 Å². The zero-order valence-electron chi connectivity index (χ0n) is 26.4. The molecule has 0 amide bonds. The van der Waals surface area contributed by atoms with E-state index in [0.29, 0.717) is 0 Å². The van der Waals surface area contributed by atoms with Crippen molar-refractivity contribution in [2.24, 2.45) is 0 Å². The Labute approximate surface area is 280 Å². The Morgan fingerprint density at radius 1 is 0.292 bits per heavy atom. The molecule has 0 saturated heterocycles. The first-order valence-corrected chi connectivity index (χ1v) is 16.1. The van der Waals surface area contributed by atoms with Gasteiger partial charge < -0.3 is 21.3 Å². The summed E-state index contributed by atoms with van der Waals surface area (Å²) in [6.45, 7) is 0. The van der Waals surface area contributed by atoms with Gasteiger partial charge in [-0.1, -0.05) is 97.1 Å². The Kier molecular flexibility index (Phi) is 7.44. The molecule has 8 aromatic rings. The monoisotopic (exact) mass is 618 g/mol. The number of nitrogens with zero attached hydrogens (tertiary/aromatic N) is 2. The van der Waals surface area contributed by atoms with Crippen molar-refractivity contribution in [3.8, 4) is 11.1 Å². The minimum Gasteiger partial charge on any atom is -0.399 e. The normalized spacial score (nSPS) is 11.1. The van der Waals surface area contributed by atoms with Gasteiger partial charge in [-0.3, -0.25) is 0 Å². The molecule has 0 aromatic heterocycles. The lowest BCUT2D eigenvalue weighted by Gasteiger charge is -2.27. The Bertz CT molecular complexity index is 2160. The van der Waals surface area contributed by atoms with Crippen molar-refractivity contribution in [3.63, 3.8) is 0 Å². The SMILES string of the molecule is Nc1ccc(N(c2ccc(-c3ccc(N(c4ccc(N)cc4)c4cccc5ccccc45)cc3)cc2)c2cccc3ccccc23)cc1. The molecule has 8 rings (SSSR count). The fourth-order valence-corrected chi connectivity index (χ4v) is 6.51. The smallest absolute Gasteiger partial charge is 0.0540 e. The molecule has 0 fully saturated rings. The van der Waals surface area contributed by atoms with Crippen LogP contribution in [0.2, 0.25) is 0 Å². The van der Waals surface area contributed by atoms with Crippen molar-refractivity contribution in [1.29, 1.82) is 0 Å². The van der Waals surface area contributed by atoms with E-state index in [1.54, 1.807) is 0 Å². The maximum atomic E-state index is 6.08. The third-order valence-corrected chi connectivity index (χ3v) is 8.90. The summed E-state index contributed by atoms with van der Waals surface area (Å²) in [5.74, 6) is 0. The lowest BCUT2D eigenvalue weighted by atomic mass is 10.0. The quantitative estimate of drug-likeness (QED) is 0.175. The Morgan fingerprint density at radius 3 is 0.979 bits per heavy atom. The summed E-state index contributed by atoms with van der Waals surface area (Å²) in [6, 6.07) is 63.6. The summed E-state index contributed by atoms with van der Waals surface area (Å²) in [5, 5.41) is 4.77. The minimum atomic E-state index is 0.742. The third kappa shape index (κ3) is 5.46. The van der Waals surface area contributed by atoms with E-state index in [1.807, 2.05) is 24.3 Å². The molecule has 8 aromatic carbocycles. The summed E-state index contributed by atoms with van der Waals surface area (Å²) in [7, 11) is 0. The highest BCUT2D eigenvalue weighted by molar-refractivity contribution is 6.00. The zero-order valence-corrected chi connectivity index (χ0v) is 26.4. The van der Waals surface area contributed by atoms with Crippen LogP contribution in [0.4, 0.5) is 45.5 Å². The predicted octanol–water partition coefficient (Wildman–Crippen LogP) is 11.8. The Morgan fingerprint density at radius 2 is 0.604 bits per heavy atom. The lowest BCUT2D eigenvalue weighted by Crippen LogP contribution is -2.10. The molecule has 0 aliphatic heterocycles. The van der Waals surface area contributed by atoms with Crippen LogP contribution in [0.25, 0.3) is 32.7 Å². The highest BCUT2D eigenvalue weighted by Crippen LogP contribution is 2.41. The number of rotatable bonds is 7. The molecule has 0 radical (unpaired) electrons. The van der Waals surface area contributed by atoms with Gasteiger partial charge >= 0.3 is 0 Å². The van der Waals surface area contributed by atoms with E-state index in [1.165, 1.54) is 21.5 Å². The van der Waals surface area contributed by atoms with Crippen molar-refractivity contribution >= 4 is 67.0 Å². The van der Waals surface area contributed by atoms with Crippen LogP contribution in [0, 0.1) is 0 Å². The molecular weight excluding hydrogens is 585 g/mol. The van der Waals surface area contributed by atoms with Gasteiger partial charge in [0.15, 0.2) is 0 Å². The molecule has 4 N–H and O–H groups in total. The van der Waals surface area contributed by atoms with Gasteiger partial charge in [0, 0.05) is 44.9 Å². The van der Waals surface area contributed by atoms with E-state index in [9.17, 15) is 0 Å². The second-order valence-electron chi connectivity index (χ2n) is 11.9. The minimum absolute atomic E-state index is 0.742. The van der Waals surface area contributed by atoms with Gasteiger partial charge in [-0.2, -0.15) is 0 Å². The van der Waals surface area contributed by atoms with Crippen LogP contribution >= 0.6 is 0 Å². The largest absolute Gasteiger partial charge is 0.399 e. The fraction of sp³-hybridized carbons (Fsp3) is 0. The number of benzene rings is 8. The molecule has 0 spiro atoms. The van der Waals surface area contributed by atoms with E-state index in [4.69, 9.17) is 11.5 Å². The summed E-state index contributed by atoms with van der Waals surface area (Å²) >= 11 is 0. The summed E-state index contributed by atoms with van der Waals surface area (Å²) in [5.41, 5.74) is 22.4. The Hall–Kier alpha value is -6.52. The van der Waals surface area contributed by atoms with Crippen LogP contribution in [0.5, 0.6) is 0 Å². The van der Waals surface area contributed by atoms with E-state index >= 15 is 0 Å². The highest BCUT2D eigenvalue weighted by atomic mass is 15.1. The van der Waals surface area contributed by atoms with Crippen molar-refractivity contribution in [2.45, 2.75) is 0 Å². The summed E-state index contributed by atoms with van der Waals surface area (Å²) < 4.78 is 0. The highest BCUT2D eigenvalue weighted by Gasteiger charge is 2.17. The molecule has 0 bridgehead atoms. The molecule has 230 valence electrons. The molecule has 0 saturated carbocycles. The van der Waals surface area contributed by atoms with E-state index < -0.39 is 0 Å². The van der Waals surface area contributed by atoms with Crippen LogP contribution in [-0.4, -0.2) is 0 Å². The average Bonchev–Trinajstić information content (AvgIpc) is 3.14. The molecule has 4 heteroatoms. The van der Waals surface area contributed by atoms with Crippen molar-refractivity contribution in [2.75, 3.05) is 21.3 Å². The molecule has 0 aliphatic carbocycles. The molecule has 48 heavy (non-hydrogen) atoms. The first-order chi connectivity index (χ1) is 23.6. The van der Waals surface area contributed by atoms with Gasteiger partial charge in [0.05, 0.1) is 11.4 Å².